The molecule has 0 atom stereocenters. The number of nitrogens with one attached hydrogen (secondary N) is 3. The van der Waals surface area contributed by atoms with E-state index in [-0.39, 0.29) is 18.9 Å². The maximum absolute atomic E-state index is 12.4. The Labute approximate surface area is 207 Å². The molecular weight excluding hydrogens is 468 g/mol. The van der Waals surface area contributed by atoms with Gasteiger partial charge in [0.25, 0.3) is 5.91 Å². The number of hydrogen-bond acceptors (Lipinski definition) is 8. The molecule has 0 saturated carbocycles. The first-order chi connectivity index (χ1) is 17.5. The van der Waals surface area contributed by atoms with Crippen LogP contribution in [0.4, 0.5) is 5.69 Å². The van der Waals surface area contributed by atoms with Crippen molar-refractivity contribution in [3.05, 3.63) is 72.2 Å². The highest BCUT2D eigenvalue weighted by Gasteiger charge is 2.14. The summed E-state index contributed by atoms with van der Waals surface area (Å²) in [4.78, 5) is 36.2. The highest BCUT2D eigenvalue weighted by molar-refractivity contribution is 6.35. The summed E-state index contributed by atoms with van der Waals surface area (Å²) in [5.41, 5.74) is 3.14. The van der Waals surface area contributed by atoms with E-state index in [1.54, 1.807) is 54.6 Å². The molecule has 0 aliphatic carbocycles. The molecule has 0 radical (unpaired) electrons. The Morgan fingerprint density at radius 3 is 2.50 bits per heavy atom. The van der Waals surface area contributed by atoms with E-state index >= 15 is 0 Å². The van der Waals surface area contributed by atoms with Crippen molar-refractivity contribution in [2.24, 2.45) is 5.10 Å². The molecule has 3 rings (SSSR count). The van der Waals surface area contributed by atoms with Crippen LogP contribution in [0.15, 0.2) is 70.4 Å². The van der Waals surface area contributed by atoms with E-state index in [1.807, 2.05) is 6.92 Å². The van der Waals surface area contributed by atoms with Gasteiger partial charge in [-0.15, -0.1) is 0 Å². The largest absolute Gasteiger partial charge is 0.494 e. The van der Waals surface area contributed by atoms with Crippen LogP contribution in [0, 0.1) is 0 Å². The van der Waals surface area contributed by atoms with Crippen molar-refractivity contribution in [2.75, 3.05) is 25.6 Å². The second-order valence-corrected chi connectivity index (χ2v) is 7.13. The maximum atomic E-state index is 12.4. The second kappa shape index (κ2) is 13.2. The van der Waals surface area contributed by atoms with E-state index in [1.165, 1.54) is 19.6 Å². The van der Waals surface area contributed by atoms with Crippen molar-refractivity contribution in [3.8, 4) is 17.2 Å². The fourth-order valence-electron chi connectivity index (χ4n) is 2.96. The van der Waals surface area contributed by atoms with Gasteiger partial charge in [0, 0.05) is 11.3 Å². The SMILES string of the molecule is CCOc1ccc(NC(=O)COc2c(/C=N\NC(=O)C(=O)NCc3ccco3)cccc2OC)cc1. The van der Waals surface area contributed by atoms with Gasteiger partial charge in [-0.3, -0.25) is 14.4 Å². The maximum Gasteiger partial charge on any atom is 0.329 e. The van der Waals surface area contributed by atoms with Crippen molar-refractivity contribution >= 4 is 29.6 Å². The van der Waals surface area contributed by atoms with Gasteiger partial charge in [-0.25, -0.2) is 5.43 Å². The van der Waals surface area contributed by atoms with Gasteiger partial charge in [0.1, 0.15) is 11.5 Å². The molecule has 3 amide bonds. The Morgan fingerprint density at radius 1 is 1.00 bits per heavy atom. The van der Waals surface area contributed by atoms with Crippen LogP contribution in [0.1, 0.15) is 18.2 Å². The Kier molecular flexibility index (Phi) is 9.45. The highest BCUT2D eigenvalue weighted by Crippen LogP contribution is 2.30. The number of amides is 3. The molecule has 0 spiro atoms. The molecule has 2 aromatic carbocycles. The summed E-state index contributed by atoms with van der Waals surface area (Å²) < 4.78 is 21.5. The van der Waals surface area contributed by atoms with Gasteiger partial charge >= 0.3 is 11.8 Å². The van der Waals surface area contributed by atoms with Crippen LogP contribution in [-0.2, 0) is 20.9 Å². The quantitative estimate of drug-likeness (QED) is 0.211. The highest BCUT2D eigenvalue weighted by atomic mass is 16.5. The Bertz CT molecular complexity index is 1190. The summed E-state index contributed by atoms with van der Waals surface area (Å²) in [6, 6.07) is 15.3. The van der Waals surface area contributed by atoms with Crippen molar-refractivity contribution in [3.63, 3.8) is 0 Å². The number of methoxy groups -OCH3 is 1. The average Bonchev–Trinajstić information content (AvgIpc) is 3.41. The number of rotatable bonds is 11. The smallest absolute Gasteiger partial charge is 0.329 e. The van der Waals surface area contributed by atoms with E-state index in [0.29, 0.717) is 35.1 Å². The summed E-state index contributed by atoms with van der Waals surface area (Å²) in [7, 11) is 1.45. The van der Waals surface area contributed by atoms with Crippen molar-refractivity contribution < 1.29 is 33.0 Å². The summed E-state index contributed by atoms with van der Waals surface area (Å²) in [6.45, 7) is 2.19. The molecular formula is C25H26N4O7. The Hall–Kier alpha value is -4.80. The van der Waals surface area contributed by atoms with Gasteiger partial charge in [0.05, 0.1) is 32.7 Å². The molecule has 3 aromatic rings. The van der Waals surface area contributed by atoms with E-state index in [9.17, 15) is 14.4 Å². The molecule has 0 fully saturated rings. The predicted molar refractivity (Wildman–Crippen MR) is 131 cm³/mol. The minimum absolute atomic E-state index is 0.0650. The van der Waals surface area contributed by atoms with Crippen molar-refractivity contribution in [2.45, 2.75) is 13.5 Å². The zero-order valence-corrected chi connectivity index (χ0v) is 19.8. The molecule has 1 heterocycles. The average molecular weight is 495 g/mol. The lowest BCUT2D eigenvalue weighted by molar-refractivity contribution is -0.139. The number of nitrogens with zero attached hydrogens (tertiary/aromatic N) is 1. The van der Waals surface area contributed by atoms with Crippen LogP contribution < -0.4 is 30.3 Å². The van der Waals surface area contributed by atoms with Crippen LogP contribution in [0.25, 0.3) is 0 Å². The van der Waals surface area contributed by atoms with Crippen LogP contribution in [0.2, 0.25) is 0 Å². The normalized spacial score (nSPS) is 10.5. The number of carbonyl (C=O) groups is 3. The number of hydrazone groups is 1. The number of carbonyl (C=O) groups excluding carboxylic acids is 3. The standard InChI is InChI=1S/C25H26N4O7/c1-3-34-19-11-9-18(10-12-19)28-22(30)16-36-23-17(6-4-8-21(23)33-2)14-27-29-25(32)24(31)26-15-20-7-5-13-35-20/h4-14H,3,15-16H2,1-2H3,(H,26,31)(H,28,30)(H,29,32)/b27-14-. The summed E-state index contributed by atoms with van der Waals surface area (Å²) >= 11 is 0. The molecule has 11 heteroatoms. The molecule has 0 aliphatic rings. The fraction of sp³-hybridized carbons (Fsp3) is 0.200. The van der Waals surface area contributed by atoms with Crippen molar-refractivity contribution in [1.82, 2.24) is 10.7 Å². The molecule has 11 nitrogen and oxygen atoms in total. The van der Waals surface area contributed by atoms with Gasteiger partial charge in [0.15, 0.2) is 18.1 Å². The molecule has 188 valence electrons. The molecule has 0 bridgehead atoms. The lowest BCUT2D eigenvalue weighted by Gasteiger charge is -2.13. The first-order valence-corrected chi connectivity index (χ1v) is 11.0. The first kappa shape index (κ1) is 25.8. The Morgan fingerprint density at radius 2 is 1.81 bits per heavy atom. The number of hydrogen-bond donors (Lipinski definition) is 3. The predicted octanol–water partition coefficient (Wildman–Crippen LogP) is 2.47. The zero-order valence-electron chi connectivity index (χ0n) is 19.8. The van der Waals surface area contributed by atoms with E-state index in [0.717, 1.165) is 0 Å². The number of benzene rings is 2. The zero-order chi connectivity index (χ0) is 25.8. The van der Waals surface area contributed by atoms with Crippen LogP contribution in [0.3, 0.4) is 0 Å². The molecule has 0 aliphatic heterocycles. The third-order valence-electron chi connectivity index (χ3n) is 4.61. The summed E-state index contributed by atoms with van der Waals surface area (Å²) in [5.74, 6) is -0.433. The monoisotopic (exact) mass is 494 g/mol. The number of ether oxygens (including phenoxy) is 3. The van der Waals surface area contributed by atoms with Crippen LogP contribution >= 0.6 is 0 Å². The minimum Gasteiger partial charge on any atom is -0.494 e. The van der Waals surface area contributed by atoms with Gasteiger partial charge in [-0.1, -0.05) is 6.07 Å². The molecule has 3 N–H and O–H groups in total. The van der Waals surface area contributed by atoms with Crippen LogP contribution in [0.5, 0.6) is 17.2 Å². The molecule has 0 saturated heterocycles. The fourth-order valence-corrected chi connectivity index (χ4v) is 2.96. The third kappa shape index (κ3) is 7.62. The van der Waals surface area contributed by atoms with E-state index < -0.39 is 17.7 Å². The Balaban J connectivity index is 1.56. The second-order valence-electron chi connectivity index (χ2n) is 7.13. The van der Waals surface area contributed by atoms with Gasteiger partial charge in [-0.2, -0.15) is 5.10 Å². The van der Waals surface area contributed by atoms with Crippen LogP contribution in [-0.4, -0.2) is 44.3 Å². The van der Waals surface area contributed by atoms with E-state index in [4.69, 9.17) is 18.6 Å². The molecule has 0 unspecified atom stereocenters. The molecule has 1 aromatic heterocycles. The summed E-state index contributed by atoms with van der Waals surface area (Å²) in [6.07, 6.45) is 2.74. The van der Waals surface area contributed by atoms with Gasteiger partial charge in [0.2, 0.25) is 0 Å². The minimum atomic E-state index is -0.960. The number of anilines is 1. The number of furan rings is 1. The third-order valence-corrected chi connectivity index (χ3v) is 4.61. The summed E-state index contributed by atoms with van der Waals surface area (Å²) in [5, 5.41) is 8.94. The molecule has 36 heavy (non-hydrogen) atoms. The topological polar surface area (TPSA) is 140 Å². The van der Waals surface area contributed by atoms with Crippen molar-refractivity contribution in [1.29, 1.82) is 0 Å². The van der Waals surface area contributed by atoms with E-state index in [2.05, 4.69) is 21.2 Å². The van der Waals surface area contributed by atoms with Gasteiger partial charge in [-0.05, 0) is 55.5 Å². The lowest BCUT2D eigenvalue weighted by atomic mass is 10.2. The lowest BCUT2D eigenvalue weighted by Crippen LogP contribution is -2.37. The number of para-hydroxylation sites is 1. The van der Waals surface area contributed by atoms with Gasteiger partial charge < -0.3 is 29.3 Å². The first-order valence-electron chi connectivity index (χ1n) is 11.0.